The minimum atomic E-state index is -3.95. The van der Waals surface area contributed by atoms with Gasteiger partial charge in [-0.25, -0.2) is 26.6 Å². The lowest BCUT2D eigenvalue weighted by molar-refractivity contribution is 0.0528. The van der Waals surface area contributed by atoms with Gasteiger partial charge in [-0.1, -0.05) is 24.3 Å². The Hall–Kier alpha value is -4.18. The number of aromatic amines is 1. The van der Waals surface area contributed by atoms with Crippen molar-refractivity contribution in [2.75, 3.05) is 6.54 Å². The number of nitrogens with zero attached hydrogens (tertiary/aromatic N) is 2. The number of carbonyl (C=O) groups is 1. The van der Waals surface area contributed by atoms with E-state index in [0.29, 0.717) is 29.7 Å². The number of amides is 1. The van der Waals surface area contributed by atoms with Crippen molar-refractivity contribution in [3.8, 4) is 11.1 Å². The molecule has 3 aromatic carbocycles. The summed E-state index contributed by atoms with van der Waals surface area (Å²) in [7, 11) is -3.95. The van der Waals surface area contributed by atoms with Gasteiger partial charge in [0.25, 0.3) is 10.0 Å². The minimum absolute atomic E-state index is 0.112. The molecule has 2 heterocycles. The van der Waals surface area contributed by atoms with Gasteiger partial charge in [-0.2, -0.15) is 0 Å². The van der Waals surface area contributed by atoms with Crippen LogP contribution in [0.5, 0.6) is 0 Å². The highest BCUT2D eigenvalue weighted by Crippen LogP contribution is 2.34. The summed E-state index contributed by atoms with van der Waals surface area (Å²) in [6, 6.07) is 17.7. The standard InChI is InChI=1S/C28H27FN4O4S/c1-28(2,3)37-27(34)30-14-13-26-31-23-12-9-18(15-24(23)32-26)22-17-33(25-16-19(29)10-11-21(22)25)38(35,36)20-7-5-4-6-8-20/h4-12,15-17H,13-14H2,1-3H3,(H,30,34)(H,31,32). The van der Waals surface area contributed by atoms with Crippen molar-refractivity contribution >= 4 is 38.1 Å². The van der Waals surface area contributed by atoms with E-state index < -0.39 is 27.5 Å². The second-order valence-corrected chi connectivity index (χ2v) is 11.7. The van der Waals surface area contributed by atoms with Crippen LogP contribution in [0.2, 0.25) is 0 Å². The molecule has 0 atom stereocenters. The minimum Gasteiger partial charge on any atom is -0.444 e. The molecule has 2 aromatic heterocycles. The molecule has 5 aromatic rings. The molecular formula is C28H27FN4O4S. The molecule has 5 rings (SSSR count). The van der Waals surface area contributed by atoms with E-state index in [1.165, 1.54) is 30.5 Å². The second-order valence-electron chi connectivity index (χ2n) is 9.91. The van der Waals surface area contributed by atoms with Crippen LogP contribution in [0.15, 0.2) is 77.8 Å². The number of imidazole rings is 1. The van der Waals surface area contributed by atoms with Crippen molar-refractivity contribution in [2.24, 2.45) is 0 Å². The molecule has 0 saturated heterocycles. The van der Waals surface area contributed by atoms with Crippen LogP contribution < -0.4 is 5.32 Å². The monoisotopic (exact) mass is 534 g/mol. The van der Waals surface area contributed by atoms with Crippen molar-refractivity contribution in [3.63, 3.8) is 0 Å². The SMILES string of the molecule is CC(C)(C)OC(=O)NCCc1nc2ccc(-c3cn(S(=O)(=O)c4ccccc4)c4cc(F)ccc34)cc2[nH]1. The van der Waals surface area contributed by atoms with E-state index in [-0.39, 0.29) is 10.4 Å². The zero-order valence-electron chi connectivity index (χ0n) is 21.2. The Kier molecular flexibility index (Phi) is 6.44. The number of ether oxygens (including phenoxy) is 1. The lowest BCUT2D eigenvalue weighted by Crippen LogP contribution is -2.33. The van der Waals surface area contributed by atoms with Crippen LogP contribution in [0.1, 0.15) is 26.6 Å². The highest BCUT2D eigenvalue weighted by molar-refractivity contribution is 7.90. The van der Waals surface area contributed by atoms with Crippen molar-refractivity contribution in [1.82, 2.24) is 19.3 Å². The summed E-state index contributed by atoms with van der Waals surface area (Å²) >= 11 is 0. The maximum absolute atomic E-state index is 14.2. The zero-order valence-corrected chi connectivity index (χ0v) is 22.0. The number of nitrogens with one attached hydrogen (secondary N) is 2. The number of benzene rings is 3. The van der Waals surface area contributed by atoms with Gasteiger partial charge in [-0.3, -0.25) is 0 Å². The molecule has 0 unspecified atom stereocenters. The molecule has 0 aliphatic rings. The molecule has 0 bridgehead atoms. The van der Waals surface area contributed by atoms with Gasteiger partial charge in [-0.05, 0) is 68.8 Å². The molecule has 38 heavy (non-hydrogen) atoms. The smallest absolute Gasteiger partial charge is 0.407 e. The number of rotatable bonds is 6. The first-order valence-corrected chi connectivity index (χ1v) is 13.5. The molecule has 0 fully saturated rings. The predicted octanol–water partition coefficient (Wildman–Crippen LogP) is 5.63. The number of hydrogen-bond acceptors (Lipinski definition) is 5. The van der Waals surface area contributed by atoms with Gasteiger partial charge < -0.3 is 15.0 Å². The highest BCUT2D eigenvalue weighted by atomic mass is 32.2. The molecule has 0 aliphatic heterocycles. The average molecular weight is 535 g/mol. The summed E-state index contributed by atoms with van der Waals surface area (Å²) in [5.41, 5.74) is 2.55. The summed E-state index contributed by atoms with van der Waals surface area (Å²) in [5.74, 6) is 0.157. The molecule has 0 aliphatic carbocycles. The number of carbonyl (C=O) groups excluding carboxylic acids is 1. The quantitative estimate of drug-likeness (QED) is 0.294. The fraction of sp³-hybridized carbons (Fsp3) is 0.214. The maximum Gasteiger partial charge on any atom is 0.407 e. The van der Waals surface area contributed by atoms with E-state index in [1.54, 1.807) is 45.0 Å². The molecular weight excluding hydrogens is 507 g/mol. The molecule has 10 heteroatoms. The topological polar surface area (TPSA) is 106 Å². The Morgan fingerprint density at radius 2 is 1.84 bits per heavy atom. The Morgan fingerprint density at radius 1 is 1.08 bits per heavy atom. The molecule has 2 N–H and O–H groups in total. The number of alkyl carbamates (subject to hydrolysis) is 1. The number of aromatic nitrogens is 3. The largest absolute Gasteiger partial charge is 0.444 e. The summed E-state index contributed by atoms with van der Waals surface area (Å²) < 4.78 is 47.4. The van der Waals surface area contributed by atoms with Gasteiger partial charge in [0, 0.05) is 30.1 Å². The average Bonchev–Trinajstić information content (AvgIpc) is 3.44. The van der Waals surface area contributed by atoms with Gasteiger partial charge in [-0.15, -0.1) is 0 Å². The third-order valence-electron chi connectivity index (χ3n) is 5.91. The van der Waals surface area contributed by atoms with Crippen LogP contribution in [0.3, 0.4) is 0 Å². The fourth-order valence-electron chi connectivity index (χ4n) is 4.25. The van der Waals surface area contributed by atoms with Crippen molar-refractivity contribution < 1.29 is 22.3 Å². The third kappa shape index (κ3) is 5.12. The van der Waals surface area contributed by atoms with E-state index in [0.717, 1.165) is 20.6 Å². The summed E-state index contributed by atoms with van der Waals surface area (Å²) in [6.07, 6.45) is 1.50. The van der Waals surface area contributed by atoms with Gasteiger partial charge in [0.15, 0.2) is 0 Å². The molecule has 196 valence electrons. The Morgan fingerprint density at radius 3 is 2.58 bits per heavy atom. The Balaban J connectivity index is 1.47. The van der Waals surface area contributed by atoms with Crippen molar-refractivity contribution in [1.29, 1.82) is 0 Å². The Labute approximate surface area is 219 Å². The van der Waals surface area contributed by atoms with E-state index >= 15 is 0 Å². The van der Waals surface area contributed by atoms with Gasteiger partial charge in [0.1, 0.15) is 17.2 Å². The second kappa shape index (κ2) is 9.60. The number of fused-ring (bicyclic) bond motifs is 2. The number of hydrogen-bond donors (Lipinski definition) is 2. The van der Waals surface area contributed by atoms with Crippen LogP contribution >= 0.6 is 0 Å². The van der Waals surface area contributed by atoms with Crippen molar-refractivity contribution in [2.45, 2.75) is 37.7 Å². The van der Waals surface area contributed by atoms with Crippen LogP contribution in [0.4, 0.5) is 9.18 Å². The number of halogens is 1. The van der Waals surface area contributed by atoms with Crippen LogP contribution in [-0.4, -0.2) is 40.6 Å². The fourth-order valence-corrected chi connectivity index (χ4v) is 5.63. The first-order valence-electron chi connectivity index (χ1n) is 12.1. The predicted molar refractivity (Wildman–Crippen MR) is 144 cm³/mol. The molecule has 0 spiro atoms. The first-order chi connectivity index (χ1) is 18.0. The molecule has 8 nitrogen and oxygen atoms in total. The van der Waals surface area contributed by atoms with E-state index in [1.807, 2.05) is 18.2 Å². The first kappa shape index (κ1) is 25.5. The van der Waals surface area contributed by atoms with Crippen LogP contribution in [0, 0.1) is 5.82 Å². The Bertz CT molecular complexity index is 1750. The van der Waals surface area contributed by atoms with Gasteiger partial charge in [0.2, 0.25) is 0 Å². The van der Waals surface area contributed by atoms with E-state index in [2.05, 4.69) is 15.3 Å². The maximum atomic E-state index is 14.2. The lowest BCUT2D eigenvalue weighted by atomic mass is 10.0. The highest BCUT2D eigenvalue weighted by Gasteiger charge is 2.22. The van der Waals surface area contributed by atoms with E-state index in [4.69, 9.17) is 4.74 Å². The van der Waals surface area contributed by atoms with Crippen LogP contribution in [-0.2, 0) is 21.2 Å². The molecule has 0 radical (unpaired) electrons. The molecule has 0 saturated carbocycles. The lowest BCUT2D eigenvalue weighted by Gasteiger charge is -2.19. The van der Waals surface area contributed by atoms with Crippen LogP contribution in [0.25, 0.3) is 33.1 Å². The summed E-state index contributed by atoms with van der Waals surface area (Å²) in [4.78, 5) is 19.8. The molecule has 1 amide bonds. The van der Waals surface area contributed by atoms with Gasteiger partial charge >= 0.3 is 6.09 Å². The normalized spacial score (nSPS) is 12.2. The third-order valence-corrected chi connectivity index (χ3v) is 7.59. The zero-order chi connectivity index (χ0) is 27.1. The van der Waals surface area contributed by atoms with Crippen molar-refractivity contribution in [3.05, 3.63) is 84.6 Å². The number of H-pyrrole nitrogens is 1. The van der Waals surface area contributed by atoms with Gasteiger partial charge in [0.05, 0.1) is 21.4 Å². The van der Waals surface area contributed by atoms with E-state index in [9.17, 15) is 17.6 Å². The summed E-state index contributed by atoms with van der Waals surface area (Å²) in [6.45, 7) is 5.75. The summed E-state index contributed by atoms with van der Waals surface area (Å²) in [5, 5.41) is 3.32.